The molecule has 4 aliphatic carbocycles. The molecule has 38 heavy (non-hydrogen) atoms. The summed E-state index contributed by atoms with van der Waals surface area (Å²) < 4.78 is 12.1. The number of carbonyl (C=O) groups is 3. The van der Waals surface area contributed by atoms with Gasteiger partial charge in [-0.05, 0) is 98.7 Å². The molecule has 1 N–H and O–H groups in total. The topological polar surface area (TPSA) is 89.9 Å². The molecular weight excluding hydrogens is 480 g/mol. The minimum atomic E-state index is -0.727. The molecular formula is C32H46O6. The number of ether oxygens (including phenoxy) is 2. The van der Waals surface area contributed by atoms with Crippen molar-refractivity contribution in [3.63, 3.8) is 0 Å². The number of rotatable bonds is 7. The van der Waals surface area contributed by atoms with Crippen molar-refractivity contribution in [3.8, 4) is 0 Å². The Morgan fingerprint density at radius 2 is 1.95 bits per heavy atom. The van der Waals surface area contributed by atoms with Gasteiger partial charge in [-0.1, -0.05) is 39.0 Å². The quantitative estimate of drug-likeness (QED) is 0.301. The summed E-state index contributed by atoms with van der Waals surface area (Å²) in [5.41, 5.74) is 1.60. The van der Waals surface area contributed by atoms with Crippen LogP contribution in [0.25, 0.3) is 0 Å². The monoisotopic (exact) mass is 526 g/mol. The third kappa shape index (κ3) is 3.60. The number of aliphatic carboxylic acids is 1. The summed E-state index contributed by atoms with van der Waals surface area (Å²) in [5.74, 6) is -0.0820. The zero-order valence-electron chi connectivity index (χ0n) is 24.1. The first-order chi connectivity index (χ1) is 17.7. The van der Waals surface area contributed by atoms with Crippen molar-refractivity contribution in [2.24, 2.45) is 45.3 Å². The Labute approximate surface area is 227 Å². The second-order valence-corrected chi connectivity index (χ2v) is 14.0. The van der Waals surface area contributed by atoms with Gasteiger partial charge in [0.05, 0.1) is 0 Å². The average molecular weight is 527 g/mol. The molecule has 1 heterocycles. The molecule has 6 nitrogen and oxygen atoms in total. The number of carbonyl (C=O) groups excluding carboxylic acids is 2. The maximum atomic E-state index is 12.4. The number of carboxylic acid groups (broad SMARTS) is 1. The van der Waals surface area contributed by atoms with Gasteiger partial charge in [0, 0.05) is 30.8 Å². The number of cyclic esters (lactones) is 1. The molecule has 0 amide bonds. The van der Waals surface area contributed by atoms with Gasteiger partial charge in [-0.2, -0.15) is 0 Å². The smallest absolute Gasteiger partial charge is 0.333 e. The van der Waals surface area contributed by atoms with Crippen LogP contribution in [0.1, 0.15) is 99.3 Å². The van der Waals surface area contributed by atoms with Gasteiger partial charge in [0.1, 0.15) is 12.2 Å². The number of allylic oxidation sites excluding steroid dienone is 1. The lowest BCUT2D eigenvalue weighted by Crippen LogP contribution is -2.58. The van der Waals surface area contributed by atoms with Gasteiger partial charge in [-0.15, -0.1) is 0 Å². The van der Waals surface area contributed by atoms with Crippen LogP contribution in [0.15, 0.2) is 23.8 Å². The largest absolute Gasteiger partial charge is 0.481 e. The zero-order valence-corrected chi connectivity index (χ0v) is 24.1. The van der Waals surface area contributed by atoms with Gasteiger partial charge in [-0.25, -0.2) is 4.79 Å². The summed E-state index contributed by atoms with van der Waals surface area (Å²) in [7, 11) is 0. The highest BCUT2D eigenvalue weighted by Crippen LogP contribution is 2.87. The second-order valence-electron chi connectivity index (χ2n) is 14.0. The van der Waals surface area contributed by atoms with Gasteiger partial charge < -0.3 is 14.6 Å². The third-order valence-electron chi connectivity index (χ3n) is 12.7. The summed E-state index contributed by atoms with van der Waals surface area (Å²) >= 11 is 0. The second kappa shape index (κ2) is 8.96. The lowest BCUT2D eigenvalue weighted by Gasteiger charge is -2.61. The summed E-state index contributed by atoms with van der Waals surface area (Å²) in [5, 5.41) is 9.61. The van der Waals surface area contributed by atoms with E-state index in [1.54, 1.807) is 0 Å². The Morgan fingerprint density at radius 1 is 1.24 bits per heavy atom. The fourth-order valence-electron chi connectivity index (χ4n) is 10.8. The van der Waals surface area contributed by atoms with Crippen LogP contribution in [-0.4, -0.2) is 35.2 Å². The van der Waals surface area contributed by atoms with E-state index >= 15 is 0 Å². The predicted octanol–water partition coefficient (Wildman–Crippen LogP) is 6.49. The number of carboxylic acids is 1. The molecule has 10 atom stereocenters. The van der Waals surface area contributed by atoms with Crippen molar-refractivity contribution >= 4 is 17.9 Å². The van der Waals surface area contributed by atoms with Crippen molar-refractivity contribution in [2.75, 3.05) is 0 Å². The summed E-state index contributed by atoms with van der Waals surface area (Å²) in [6, 6.07) is 0. The normalized spacial score (nSPS) is 46.0. The lowest BCUT2D eigenvalue weighted by molar-refractivity contribution is -0.182. The van der Waals surface area contributed by atoms with E-state index < -0.39 is 5.97 Å². The molecule has 5 aliphatic rings. The maximum Gasteiger partial charge on any atom is 0.333 e. The standard InChI is InChI=1S/C32H46O6/c1-18(2)22-9-11-25-30(7)26(37-21(5)33)16-23(20(4)24-10-8-19(3)28(36)38-24)29(30,6)14-15-32(25)17-31(22,32)13-12-27(34)35/h8,20,22-26H,1,9-17H2,2-7H3,(H,34,35). The Balaban J connectivity index is 1.53. The highest BCUT2D eigenvalue weighted by atomic mass is 16.5. The third-order valence-corrected chi connectivity index (χ3v) is 12.7. The Morgan fingerprint density at radius 3 is 2.55 bits per heavy atom. The van der Waals surface area contributed by atoms with Crippen LogP contribution in [-0.2, 0) is 23.9 Å². The van der Waals surface area contributed by atoms with Crippen molar-refractivity contribution < 1.29 is 29.0 Å². The number of fused-ring (bicyclic) bond motifs is 2. The van der Waals surface area contributed by atoms with Crippen LogP contribution in [0.2, 0.25) is 0 Å². The van der Waals surface area contributed by atoms with Crippen molar-refractivity contribution in [3.05, 3.63) is 23.8 Å². The SMILES string of the molecule is C=C(C)C1CCC2C3(CCC4(C)C(C(C)C5CC=C(C)C(=O)O5)CC(OC(C)=O)C24C)CC13CCC(=O)O. The predicted molar refractivity (Wildman–Crippen MR) is 144 cm³/mol. The number of hydrogen-bond acceptors (Lipinski definition) is 5. The maximum absolute atomic E-state index is 12.4. The van der Waals surface area contributed by atoms with Crippen molar-refractivity contribution in [1.29, 1.82) is 0 Å². The van der Waals surface area contributed by atoms with E-state index in [1.165, 1.54) is 12.5 Å². The molecule has 1 aliphatic heterocycles. The Hall–Kier alpha value is -2.11. The zero-order chi connectivity index (χ0) is 27.8. The van der Waals surface area contributed by atoms with Crippen LogP contribution >= 0.6 is 0 Å². The lowest BCUT2D eigenvalue weighted by atomic mass is 9.43. The van der Waals surface area contributed by atoms with E-state index in [-0.39, 0.29) is 64.1 Å². The summed E-state index contributed by atoms with van der Waals surface area (Å²) in [6.07, 6.45) is 9.25. The molecule has 4 fully saturated rings. The molecule has 1 spiro atoms. The van der Waals surface area contributed by atoms with Crippen LogP contribution < -0.4 is 0 Å². The molecule has 0 radical (unpaired) electrons. The number of esters is 2. The fourth-order valence-corrected chi connectivity index (χ4v) is 10.8. The first kappa shape index (κ1) is 27.5. The molecule has 210 valence electrons. The van der Waals surface area contributed by atoms with Crippen molar-refractivity contribution in [2.45, 2.75) is 112 Å². The van der Waals surface area contributed by atoms with Crippen LogP contribution in [0.5, 0.6) is 0 Å². The minimum Gasteiger partial charge on any atom is -0.481 e. The first-order valence-electron chi connectivity index (χ1n) is 14.7. The van der Waals surface area contributed by atoms with Gasteiger partial charge in [-0.3, -0.25) is 9.59 Å². The molecule has 0 aromatic carbocycles. The number of hydrogen-bond donors (Lipinski definition) is 1. The van der Waals surface area contributed by atoms with Gasteiger partial charge >= 0.3 is 17.9 Å². The Kier molecular flexibility index (Phi) is 6.47. The molecule has 6 heteroatoms. The molecule has 5 rings (SSSR count). The molecule has 0 aromatic rings. The molecule has 0 aromatic heterocycles. The van der Waals surface area contributed by atoms with Crippen LogP contribution in [0, 0.1) is 45.3 Å². The molecule has 10 unspecified atom stereocenters. The van der Waals surface area contributed by atoms with Gasteiger partial charge in [0.15, 0.2) is 0 Å². The van der Waals surface area contributed by atoms with E-state index in [2.05, 4.69) is 34.3 Å². The minimum absolute atomic E-state index is 0.0177. The van der Waals surface area contributed by atoms with E-state index in [0.717, 1.165) is 44.9 Å². The van der Waals surface area contributed by atoms with Gasteiger partial charge in [0.25, 0.3) is 0 Å². The van der Waals surface area contributed by atoms with E-state index in [4.69, 9.17) is 9.47 Å². The van der Waals surface area contributed by atoms with E-state index in [0.29, 0.717) is 23.8 Å². The highest BCUT2D eigenvalue weighted by Gasteiger charge is 2.82. The highest BCUT2D eigenvalue weighted by molar-refractivity contribution is 5.88. The summed E-state index contributed by atoms with van der Waals surface area (Å²) in [4.78, 5) is 36.5. The van der Waals surface area contributed by atoms with Crippen LogP contribution in [0.4, 0.5) is 0 Å². The molecule has 0 saturated heterocycles. The first-order valence-corrected chi connectivity index (χ1v) is 14.7. The van der Waals surface area contributed by atoms with Crippen molar-refractivity contribution in [1.82, 2.24) is 0 Å². The molecule has 4 saturated carbocycles. The van der Waals surface area contributed by atoms with E-state index in [9.17, 15) is 19.5 Å². The van der Waals surface area contributed by atoms with Crippen LogP contribution in [0.3, 0.4) is 0 Å². The fraction of sp³-hybridized carbons (Fsp3) is 0.781. The average Bonchev–Trinajstić information content (AvgIpc) is 3.46. The summed E-state index contributed by atoms with van der Waals surface area (Å²) in [6.45, 7) is 16.8. The van der Waals surface area contributed by atoms with Gasteiger partial charge in [0.2, 0.25) is 0 Å². The molecule has 0 bridgehead atoms. The van der Waals surface area contributed by atoms with E-state index in [1.807, 2.05) is 13.0 Å². The Bertz CT molecular complexity index is 1090.